The first-order valence-electron chi connectivity index (χ1n) is 7.73. The fourth-order valence-electron chi connectivity index (χ4n) is 1.93. The van der Waals surface area contributed by atoms with Gasteiger partial charge < -0.3 is 20.4 Å². The first-order valence-corrected chi connectivity index (χ1v) is 7.73. The topological polar surface area (TPSA) is 78.7 Å². The Balaban J connectivity index is 1.67. The second-order valence-corrected chi connectivity index (χ2v) is 5.22. The van der Waals surface area contributed by atoms with E-state index in [9.17, 15) is 4.79 Å². The SMILES string of the molecule is C=CCNC(=NCCc1ccco1)NCCNC(=O)C1CC1. The number of guanidine groups is 1. The Morgan fingerprint density at radius 3 is 2.86 bits per heavy atom. The van der Waals surface area contributed by atoms with E-state index in [1.165, 1.54) is 0 Å². The third-order valence-electron chi connectivity index (χ3n) is 3.29. The van der Waals surface area contributed by atoms with E-state index in [0.717, 1.165) is 25.0 Å². The predicted molar refractivity (Wildman–Crippen MR) is 86.7 cm³/mol. The van der Waals surface area contributed by atoms with Gasteiger partial charge in [0.1, 0.15) is 5.76 Å². The molecule has 0 unspecified atom stereocenters. The molecule has 6 heteroatoms. The zero-order valence-corrected chi connectivity index (χ0v) is 12.8. The number of furan rings is 1. The molecule has 2 rings (SSSR count). The fraction of sp³-hybridized carbons (Fsp3) is 0.500. The Morgan fingerprint density at radius 1 is 1.36 bits per heavy atom. The first kappa shape index (κ1) is 16.1. The van der Waals surface area contributed by atoms with E-state index < -0.39 is 0 Å². The van der Waals surface area contributed by atoms with Crippen LogP contribution >= 0.6 is 0 Å². The minimum atomic E-state index is 0.164. The summed E-state index contributed by atoms with van der Waals surface area (Å²) in [5, 5.41) is 9.26. The van der Waals surface area contributed by atoms with Gasteiger partial charge in [-0.05, 0) is 25.0 Å². The number of hydrogen-bond acceptors (Lipinski definition) is 3. The zero-order chi connectivity index (χ0) is 15.6. The van der Waals surface area contributed by atoms with E-state index in [2.05, 4.69) is 27.5 Å². The molecule has 120 valence electrons. The number of hydrogen-bond donors (Lipinski definition) is 3. The van der Waals surface area contributed by atoms with Crippen molar-refractivity contribution in [2.45, 2.75) is 19.3 Å². The molecule has 1 aromatic rings. The molecule has 1 aliphatic rings. The van der Waals surface area contributed by atoms with Gasteiger partial charge >= 0.3 is 0 Å². The lowest BCUT2D eigenvalue weighted by atomic mass is 10.3. The second kappa shape index (κ2) is 8.92. The van der Waals surface area contributed by atoms with E-state index in [1.807, 2.05) is 12.1 Å². The molecule has 1 heterocycles. The van der Waals surface area contributed by atoms with Crippen molar-refractivity contribution < 1.29 is 9.21 Å². The van der Waals surface area contributed by atoms with Crippen molar-refractivity contribution in [3.05, 3.63) is 36.8 Å². The Kier molecular flexibility index (Phi) is 6.54. The standard InChI is InChI=1S/C16H24N4O2/c1-2-8-18-16(19-9-7-14-4-3-12-22-14)20-11-10-17-15(21)13-5-6-13/h2-4,12-13H,1,5-11H2,(H,17,21)(H2,18,19,20). The molecule has 22 heavy (non-hydrogen) atoms. The van der Waals surface area contributed by atoms with Crippen LogP contribution in [0.25, 0.3) is 0 Å². The van der Waals surface area contributed by atoms with Crippen molar-refractivity contribution in [1.29, 1.82) is 0 Å². The Labute approximate surface area is 131 Å². The van der Waals surface area contributed by atoms with Crippen molar-refractivity contribution in [2.75, 3.05) is 26.2 Å². The first-order chi connectivity index (χ1) is 10.8. The number of aliphatic imine (C=N–C) groups is 1. The Hall–Kier alpha value is -2.24. The number of carbonyl (C=O) groups is 1. The molecule has 1 saturated carbocycles. The summed E-state index contributed by atoms with van der Waals surface area (Å²) in [6, 6.07) is 3.81. The van der Waals surface area contributed by atoms with Crippen LogP contribution in [-0.4, -0.2) is 38.0 Å². The summed E-state index contributed by atoms with van der Waals surface area (Å²) < 4.78 is 5.28. The second-order valence-electron chi connectivity index (χ2n) is 5.22. The van der Waals surface area contributed by atoms with Gasteiger partial charge in [-0.25, -0.2) is 0 Å². The minimum absolute atomic E-state index is 0.164. The summed E-state index contributed by atoms with van der Waals surface area (Å²) in [5.41, 5.74) is 0. The van der Waals surface area contributed by atoms with Gasteiger partial charge in [-0.3, -0.25) is 9.79 Å². The van der Waals surface area contributed by atoms with E-state index in [1.54, 1.807) is 12.3 Å². The summed E-state index contributed by atoms with van der Waals surface area (Å²) in [6.07, 6.45) is 6.25. The highest BCUT2D eigenvalue weighted by molar-refractivity contribution is 5.81. The van der Waals surface area contributed by atoms with Crippen LogP contribution in [0.4, 0.5) is 0 Å². The molecule has 1 aromatic heterocycles. The van der Waals surface area contributed by atoms with Crippen molar-refractivity contribution in [3.63, 3.8) is 0 Å². The summed E-state index contributed by atoms with van der Waals surface area (Å²) >= 11 is 0. The number of nitrogens with zero attached hydrogens (tertiary/aromatic N) is 1. The molecule has 0 bridgehead atoms. The largest absolute Gasteiger partial charge is 0.469 e. The van der Waals surface area contributed by atoms with Crippen LogP contribution in [0.2, 0.25) is 0 Å². The van der Waals surface area contributed by atoms with Gasteiger partial charge in [0.05, 0.1) is 6.26 Å². The summed E-state index contributed by atoms with van der Waals surface area (Å²) in [5.74, 6) is 2.05. The number of amides is 1. The minimum Gasteiger partial charge on any atom is -0.469 e. The van der Waals surface area contributed by atoms with E-state index in [-0.39, 0.29) is 11.8 Å². The summed E-state index contributed by atoms with van der Waals surface area (Å²) in [4.78, 5) is 16.0. The van der Waals surface area contributed by atoms with Gasteiger partial charge in [0.2, 0.25) is 5.91 Å². The monoisotopic (exact) mass is 304 g/mol. The maximum absolute atomic E-state index is 11.5. The van der Waals surface area contributed by atoms with E-state index >= 15 is 0 Å². The van der Waals surface area contributed by atoms with Crippen LogP contribution in [0.1, 0.15) is 18.6 Å². The fourth-order valence-corrected chi connectivity index (χ4v) is 1.93. The van der Waals surface area contributed by atoms with Crippen LogP contribution in [-0.2, 0) is 11.2 Å². The van der Waals surface area contributed by atoms with Gasteiger partial charge in [0.25, 0.3) is 0 Å². The number of carbonyl (C=O) groups excluding carboxylic acids is 1. The van der Waals surface area contributed by atoms with Crippen molar-refractivity contribution in [2.24, 2.45) is 10.9 Å². The summed E-state index contributed by atoms with van der Waals surface area (Å²) in [7, 11) is 0. The molecule has 6 nitrogen and oxygen atoms in total. The maximum Gasteiger partial charge on any atom is 0.223 e. The normalized spacial score (nSPS) is 14.5. The molecule has 1 fully saturated rings. The van der Waals surface area contributed by atoms with Crippen molar-refractivity contribution in [3.8, 4) is 0 Å². The van der Waals surface area contributed by atoms with Crippen LogP contribution in [0.3, 0.4) is 0 Å². The van der Waals surface area contributed by atoms with Gasteiger partial charge in [0, 0.05) is 38.5 Å². The number of nitrogens with one attached hydrogen (secondary N) is 3. The maximum atomic E-state index is 11.5. The molecule has 0 aromatic carbocycles. The molecule has 1 aliphatic carbocycles. The highest BCUT2D eigenvalue weighted by Gasteiger charge is 2.28. The van der Waals surface area contributed by atoms with Crippen LogP contribution < -0.4 is 16.0 Å². The van der Waals surface area contributed by atoms with Crippen molar-refractivity contribution >= 4 is 11.9 Å². The van der Waals surface area contributed by atoms with Crippen LogP contribution in [0.5, 0.6) is 0 Å². The molecule has 0 saturated heterocycles. The van der Waals surface area contributed by atoms with Gasteiger partial charge in [-0.15, -0.1) is 6.58 Å². The molecule has 0 radical (unpaired) electrons. The average Bonchev–Trinajstić information content (AvgIpc) is 3.25. The Morgan fingerprint density at radius 2 is 2.18 bits per heavy atom. The quantitative estimate of drug-likeness (QED) is 0.276. The molecule has 0 atom stereocenters. The third kappa shape index (κ3) is 6.03. The smallest absolute Gasteiger partial charge is 0.223 e. The lowest BCUT2D eigenvalue weighted by Gasteiger charge is -2.11. The number of rotatable bonds is 9. The molecule has 0 aliphatic heterocycles. The summed E-state index contributed by atoms with van der Waals surface area (Å²) in [6.45, 7) is 6.20. The van der Waals surface area contributed by atoms with Gasteiger partial charge in [-0.2, -0.15) is 0 Å². The lowest BCUT2D eigenvalue weighted by Crippen LogP contribution is -2.42. The predicted octanol–water partition coefficient (Wildman–Crippen LogP) is 1.07. The molecule has 1 amide bonds. The molecule has 0 spiro atoms. The van der Waals surface area contributed by atoms with Gasteiger partial charge in [0.15, 0.2) is 5.96 Å². The average molecular weight is 304 g/mol. The lowest BCUT2D eigenvalue weighted by molar-refractivity contribution is -0.122. The molecular formula is C16H24N4O2. The van der Waals surface area contributed by atoms with Crippen LogP contribution in [0.15, 0.2) is 40.5 Å². The van der Waals surface area contributed by atoms with Gasteiger partial charge in [-0.1, -0.05) is 6.08 Å². The highest BCUT2D eigenvalue weighted by Crippen LogP contribution is 2.28. The zero-order valence-electron chi connectivity index (χ0n) is 12.8. The van der Waals surface area contributed by atoms with Crippen molar-refractivity contribution in [1.82, 2.24) is 16.0 Å². The van der Waals surface area contributed by atoms with Crippen LogP contribution in [0, 0.1) is 5.92 Å². The third-order valence-corrected chi connectivity index (χ3v) is 3.29. The highest BCUT2D eigenvalue weighted by atomic mass is 16.3. The van der Waals surface area contributed by atoms with E-state index in [0.29, 0.717) is 32.1 Å². The van der Waals surface area contributed by atoms with E-state index in [4.69, 9.17) is 4.42 Å². The molecular weight excluding hydrogens is 280 g/mol. The molecule has 3 N–H and O–H groups in total. The Bertz CT molecular complexity index is 492.